The predicted octanol–water partition coefficient (Wildman–Crippen LogP) is 0.170. The third-order valence-electron chi connectivity index (χ3n) is 2.10. The van der Waals surface area contributed by atoms with Crippen molar-refractivity contribution < 1.29 is 19.7 Å². The summed E-state index contributed by atoms with van der Waals surface area (Å²) >= 11 is 0. The van der Waals surface area contributed by atoms with Gasteiger partial charge in [0, 0.05) is 11.8 Å². The van der Waals surface area contributed by atoms with Crippen molar-refractivity contribution in [3.05, 3.63) is 24.3 Å². The highest BCUT2D eigenvalue weighted by Crippen LogP contribution is 2.16. The van der Waals surface area contributed by atoms with E-state index in [0.29, 0.717) is 11.4 Å². The second kappa shape index (κ2) is 6.72. The quantitative estimate of drug-likeness (QED) is 0.590. The largest absolute Gasteiger partial charge is 0.497 e. The number of aliphatic hydroxyl groups excluding tert-OH is 2. The summed E-state index contributed by atoms with van der Waals surface area (Å²) < 4.78 is 5.01. The van der Waals surface area contributed by atoms with Gasteiger partial charge in [0.1, 0.15) is 5.75 Å². The van der Waals surface area contributed by atoms with Gasteiger partial charge in [-0.1, -0.05) is 6.07 Å². The molecular formula is C11H16N2O4. The van der Waals surface area contributed by atoms with Crippen molar-refractivity contribution in [2.45, 2.75) is 6.04 Å². The SMILES string of the molecule is COc1cccc(NC(=O)NC(CO)CO)c1. The van der Waals surface area contributed by atoms with Crippen LogP contribution in [0.25, 0.3) is 0 Å². The molecule has 6 nitrogen and oxygen atoms in total. The van der Waals surface area contributed by atoms with Crippen molar-refractivity contribution in [3.8, 4) is 5.75 Å². The summed E-state index contributed by atoms with van der Waals surface area (Å²) in [6, 6.07) is 5.70. The Hall–Kier alpha value is -1.79. The van der Waals surface area contributed by atoms with Gasteiger partial charge in [0.15, 0.2) is 0 Å². The lowest BCUT2D eigenvalue weighted by Crippen LogP contribution is -2.42. The van der Waals surface area contributed by atoms with Gasteiger partial charge in [-0.2, -0.15) is 0 Å². The number of amides is 2. The third-order valence-corrected chi connectivity index (χ3v) is 2.10. The highest BCUT2D eigenvalue weighted by Gasteiger charge is 2.09. The van der Waals surface area contributed by atoms with E-state index in [0.717, 1.165) is 0 Å². The molecule has 0 saturated heterocycles. The standard InChI is InChI=1S/C11H16N2O4/c1-17-10-4-2-3-8(5-10)12-11(16)13-9(6-14)7-15/h2-5,9,14-15H,6-7H2,1H3,(H2,12,13,16). The fraction of sp³-hybridized carbons (Fsp3) is 0.364. The molecule has 1 aromatic rings. The number of hydrogen-bond donors (Lipinski definition) is 4. The smallest absolute Gasteiger partial charge is 0.319 e. The molecule has 4 N–H and O–H groups in total. The Morgan fingerprint density at radius 1 is 1.41 bits per heavy atom. The average Bonchev–Trinajstić information content (AvgIpc) is 2.36. The van der Waals surface area contributed by atoms with Crippen LogP contribution in [0.2, 0.25) is 0 Å². The minimum Gasteiger partial charge on any atom is -0.497 e. The summed E-state index contributed by atoms with van der Waals surface area (Å²) in [6.45, 7) is -0.635. The number of methoxy groups -OCH3 is 1. The molecule has 1 aromatic carbocycles. The molecule has 0 atom stereocenters. The van der Waals surface area contributed by atoms with E-state index in [1.807, 2.05) is 0 Å². The fourth-order valence-corrected chi connectivity index (χ4v) is 1.20. The maximum Gasteiger partial charge on any atom is 0.319 e. The molecule has 0 radical (unpaired) electrons. The first-order valence-electron chi connectivity index (χ1n) is 5.13. The Kier molecular flexibility index (Phi) is 5.25. The topological polar surface area (TPSA) is 90.8 Å². The second-order valence-electron chi connectivity index (χ2n) is 3.39. The van der Waals surface area contributed by atoms with Crippen LogP contribution in [0.5, 0.6) is 5.75 Å². The van der Waals surface area contributed by atoms with Gasteiger partial charge in [0.2, 0.25) is 0 Å². The van der Waals surface area contributed by atoms with Crippen molar-refractivity contribution in [1.29, 1.82) is 0 Å². The monoisotopic (exact) mass is 240 g/mol. The van der Waals surface area contributed by atoms with Gasteiger partial charge in [-0.15, -0.1) is 0 Å². The second-order valence-corrected chi connectivity index (χ2v) is 3.39. The number of carbonyl (C=O) groups is 1. The molecule has 6 heteroatoms. The van der Waals surface area contributed by atoms with E-state index in [1.165, 1.54) is 7.11 Å². The van der Waals surface area contributed by atoms with E-state index in [4.69, 9.17) is 14.9 Å². The van der Waals surface area contributed by atoms with Crippen LogP contribution < -0.4 is 15.4 Å². The predicted molar refractivity (Wildman–Crippen MR) is 63.1 cm³/mol. The molecule has 0 aliphatic heterocycles. The number of rotatable bonds is 5. The lowest BCUT2D eigenvalue weighted by molar-refractivity contribution is 0.172. The molecule has 0 aliphatic carbocycles. The van der Waals surface area contributed by atoms with Crippen LogP contribution >= 0.6 is 0 Å². The lowest BCUT2D eigenvalue weighted by atomic mass is 10.3. The highest BCUT2D eigenvalue weighted by atomic mass is 16.5. The molecule has 0 fully saturated rings. The van der Waals surface area contributed by atoms with Crippen LogP contribution in [0.15, 0.2) is 24.3 Å². The van der Waals surface area contributed by atoms with Crippen molar-refractivity contribution in [2.24, 2.45) is 0 Å². The first kappa shape index (κ1) is 13.3. The van der Waals surface area contributed by atoms with E-state index in [1.54, 1.807) is 24.3 Å². The summed E-state index contributed by atoms with van der Waals surface area (Å²) in [5, 5.41) is 22.6. The minimum absolute atomic E-state index is 0.317. The summed E-state index contributed by atoms with van der Waals surface area (Å²) in [4.78, 5) is 11.5. The minimum atomic E-state index is -0.666. The Morgan fingerprint density at radius 2 is 2.12 bits per heavy atom. The summed E-state index contributed by atoms with van der Waals surface area (Å²) in [6.07, 6.45) is 0. The summed E-state index contributed by atoms with van der Waals surface area (Å²) in [7, 11) is 1.53. The van der Waals surface area contributed by atoms with Gasteiger partial charge in [-0.05, 0) is 12.1 Å². The van der Waals surface area contributed by atoms with Gasteiger partial charge in [0.25, 0.3) is 0 Å². The van der Waals surface area contributed by atoms with Gasteiger partial charge in [-0.25, -0.2) is 4.79 Å². The lowest BCUT2D eigenvalue weighted by Gasteiger charge is -2.14. The maximum absolute atomic E-state index is 11.5. The zero-order chi connectivity index (χ0) is 12.7. The first-order chi connectivity index (χ1) is 8.19. The highest BCUT2D eigenvalue weighted by molar-refractivity contribution is 5.89. The molecule has 0 aromatic heterocycles. The van der Waals surface area contributed by atoms with E-state index < -0.39 is 12.1 Å². The van der Waals surface area contributed by atoms with Gasteiger partial charge in [0.05, 0.1) is 26.4 Å². The Bertz CT molecular complexity index is 366. The van der Waals surface area contributed by atoms with Crippen molar-refractivity contribution >= 4 is 11.7 Å². The van der Waals surface area contributed by atoms with Crippen LogP contribution in [0.4, 0.5) is 10.5 Å². The third kappa shape index (κ3) is 4.29. The molecule has 17 heavy (non-hydrogen) atoms. The van der Waals surface area contributed by atoms with Gasteiger partial charge in [-0.3, -0.25) is 0 Å². The Balaban J connectivity index is 2.55. The van der Waals surface area contributed by atoms with Gasteiger partial charge < -0.3 is 25.6 Å². The maximum atomic E-state index is 11.5. The number of aliphatic hydroxyl groups is 2. The molecule has 0 saturated carbocycles. The van der Waals surface area contributed by atoms with Crippen LogP contribution in [0.1, 0.15) is 0 Å². The molecular weight excluding hydrogens is 224 g/mol. The molecule has 0 heterocycles. The number of carbonyl (C=O) groups excluding carboxylic acids is 1. The van der Waals surface area contributed by atoms with Crippen molar-refractivity contribution in [3.63, 3.8) is 0 Å². The normalized spacial score (nSPS) is 10.1. The number of hydrogen-bond acceptors (Lipinski definition) is 4. The fourth-order valence-electron chi connectivity index (χ4n) is 1.20. The Morgan fingerprint density at radius 3 is 2.71 bits per heavy atom. The molecule has 1 rings (SSSR count). The van der Waals surface area contributed by atoms with Crippen LogP contribution in [-0.2, 0) is 0 Å². The molecule has 0 spiro atoms. The van der Waals surface area contributed by atoms with E-state index in [-0.39, 0.29) is 13.2 Å². The van der Waals surface area contributed by atoms with E-state index >= 15 is 0 Å². The Labute approximate surface area is 99.2 Å². The number of urea groups is 1. The summed E-state index contributed by atoms with van der Waals surface area (Å²) in [5.41, 5.74) is 0.566. The van der Waals surface area contributed by atoms with E-state index in [9.17, 15) is 4.79 Å². The van der Waals surface area contributed by atoms with Crippen LogP contribution in [-0.4, -0.2) is 42.6 Å². The average molecular weight is 240 g/mol. The number of anilines is 1. The zero-order valence-corrected chi connectivity index (χ0v) is 9.51. The number of benzene rings is 1. The van der Waals surface area contributed by atoms with Crippen LogP contribution in [0.3, 0.4) is 0 Å². The molecule has 0 bridgehead atoms. The number of ether oxygens (including phenoxy) is 1. The molecule has 94 valence electrons. The molecule has 2 amide bonds. The van der Waals surface area contributed by atoms with Crippen molar-refractivity contribution in [1.82, 2.24) is 5.32 Å². The zero-order valence-electron chi connectivity index (χ0n) is 9.51. The summed E-state index contributed by atoms with van der Waals surface area (Å²) in [5.74, 6) is 0.628. The molecule has 0 aliphatic rings. The van der Waals surface area contributed by atoms with Gasteiger partial charge >= 0.3 is 6.03 Å². The van der Waals surface area contributed by atoms with E-state index in [2.05, 4.69) is 10.6 Å². The number of nitrogens with one attached hydrogen (secondary N) is 2. The van der Waals surface area contributed by atoms with Crippen LogP contribution in [0, 0.1) is 0 Å². The van der Waals surface area contributed by atoms with Crippen molar-refractivity contribution in [2.75, 3.05) is 25.6 Å². The molecule has 0 unspecified atom stereocenters. The first-order valence-corrected chi connectivity index (χ1v) is 5.13.